The van der Waals surface area contributed by atoms with Crippen molar-refractivity contribution in [3.05, 3.63) is 74.1 Å². The number of nitrogens with zero attached hydrogens (tertiary/aromatic N) is 2. The summed E-state index contributed by atoms with van der Waals surface area (Å²) in [5.41, 5.74) is 2.06. The van der Waals surface area contributed by atoms with Crippen molar-refractivity contribution in [3.63, 3.8) is 0 Å². The molecule has 0 saturated carbocycles. The summed E-state index contributed by atoms with van der Waals surface area (Å²) >= 11 is 6.27. The summed E-state index contributed by atoms with van der Waals surface area (Å²) in [6.07, 6.45) is 0. The van der Waals surface area contributed by atoms with E-state index in [1.54, 1.807) is 24.1 Å². The van der Waals surface area contributed by atoms with Crippen LogP contribution in [-0.4, -0.2) is 50.0 Å². The number of carbonyl (C=O) groups is 1. The normalized spacial score (nSPS) is 15.9. The predicted molar refractivity (Wildman–Crippen MR) is 117 cm³/mol. The number of ether oxygens (including phenoxy) is 1. The summed E-state index contributed by atoms with van der Waals surface area (Å²) in [6, 6.07) is 10.2. The second-order valence-electron chi connectivity index (χ2n) is 7.75. The van der Waals surface area contributed by atoms with E-state index in [4.69, 9.17) is 20.8 Å². The first-order chi connectivity index (χ1) is 14.3. The highest BCUT2D eigenvalue weighted by Crippen LogP contribution is 2.39. The Morgan fingerprint density at radius 2 is 1.97 bits per heavy atom. The van der Waals surface area contributed by atoms with E-state index < -0.39 is 6.04 Å². The highest BCUT2D eigenvalue weighted by Gasteiger charge is 2.42. The van der Waals surface area contributed by atoms with Crippen LogP contribution in [0.25, 0.3) is 11.0 Å². The molecule has 0 saturated heterocycles. The van der Waals surface area contributed by atoms with Gasteiger partial charge in [0.05, 0.1) is 24.1 Å². The molecule has 2 aromatic carbocycles. The zero-order valence-corrected chi connectivity index (χ0v) is 18.1. The number of halogens is 1. The number of methoxy groups -OCH3 is 1. The number of likely N-dealkylation sites (N-methyl/N-ethyl adjacent to an activating group) is 1. The summed E-state index contributed by atoms with van der Waals surface area (Å²) < 4.78 is 11.3. The minimum absolute atomic E-state index is 0.0980. The van der Waals surface area contributed by atoms with E-state index in [0.717, 1.165) is 11.1 Å². The molecular weight excluding hydrogens is 404 g/mol. The Balaban J connectivity index is 1.96. The van der Waals surface area contributed by atoms with Crippen molar-refractivity contribution in [2.24, 2.45) is 0 Å². The fourth-order valence-corrected chi connectivity index (χ4v) is 4.00. The smallest absolute Gasteiger partial charge is 0.290 e. The van der Waals surface area contributed by atoms with E-state index in [9.17, 15) is 9.59 Å². The largest absolute Gasteiger partial charge is 0.497 e. The molecule has 7 heteroatoms. The van der Waals surface area contributed by atoms with Gasteiger partial charge in [-0.2, -0.15) is 0 Å². The first kappa shape index (κ1) is 20.4. The molecule has 1 atom stereocenters. The van der Waals surface area contributed by atoms with Gasteiger partial charge in [0.1, 0.15) is 11.3 Å². The molecule has 0 bridgehead atoms. The molecule has 0 spiro atoms. The molecule has 3 aromatic rings. The van der Waals surface area contributed by atoms with Gasteiger partial charge in [-0.3, -0.25) is 9.59 Å². The first-order valence-corrected chi connectivity index (χ1v) is 10.1. The highest BCUT2D eigenvalue weighted by molar-refractivity contribution is 6.32. The number of aryl methyl sites for hydroxylation is 1. The van der Waals surface area contributed by atoms with Crippen molar-refractivity contribution in [3.8, 4) is 5.75 Å². The fourth-order valence-electron chi connectivity index (χ4n) is 3.84. The Morgan fingerprint density at radius 3 is 2.67 bits per heavy atom. The lowest BCUT2D eigenvalue weighted by molar-refractivity contribution is 0.0716. The van der Waals surface area contributed by atoms with E-state index in [1.807, 2.05) is 50.2 Å². The molecule has 2 heterocycles. The molecule has 0 fully saturated rings. The van der Waals surface area contributed by atoms with Gasteiger partial charge in [-0.15, -0.1) is 0 Å². The third-order valence-electron chi connectivity index (χ3n) is 5.44. The lowest BCUT2D eigenvalue weighted by Crippen LogP contribution is -2.35. The van der Waals surface area contributed by atoms with Gasteiger partial charge in [0.25, 0.3) is 5.91 Å². The average Bonchev–Trinajstić information content (AvgIpc) is 3.00. The number of amides is 1. The Hall–Kier alpha value is -2.83. The van der Waals surface area contributed by atoms with Gasteiger partial charge in [-0.1, -0.05) is 23.7 Å². The third-order valence-corrected chi connectivity index (χ3v) is 5.85. The molecule has 0 aliphatic carbocycles. The molecule has 156 valence electrons. The molecule has 0 N–H and O–H groups in total. The Kier molecular flexibility index (Phi) is 5.30. The molecule has 1 amide bonds. The number of hydrogen-bond acceptors (Lipinski definition) is 5. The molecular formula is C23H23ClN2O4. The van der Waals surface area contributed by atoms with Crippen LogP contribution in [0.3, 0.4) is 0 Å². The monoisotopic (exact) mass is 426 g/mol. The van der Waals surface area contributed by atoms with Gasteiger partial charge >= 0.3 is 0 Å². The van der Waals surface area contributed by atoms with Gasteiger partial charge in [-0.05, 0) is 56.4 Å². The highest BCUT2D eigenvalue weighted by atomic mass is 35.5. The van der Waals surface area contributed by atoms with E-state index in [0.29, 0.717) is 40.4 Å². The standard InChI is InChI=1S/C23H23ClN2O4/c1-13-10-18-16(12-17(13)24)21(27)19-20(14-6-5-7-15(11-14)29-4)26(9-8-25(2)3)23(28)22(19)30-18/h5-7,10-12,20H,8-9H2,1-4H3. The summed E-state index contributed by atoms with van der Waals surface area (Å²) in [7, 11) is 5.47. The van der Waals surface area contributed by atoms with Crippen LogP contribution >= 0.6 is 11.6 Å². The second kappa shape index (κ2) is 7.78. The topological polar surface area (TPSA) is 63.0 Å². The predicted octanol–water partition coefficient (Wildman–Crippen LogP) is 3.87. The van der Waals surface area contributed by atoms with Crippen molar-refractivity contribution in [1.82, 2.24) is 9.80 Å². The molecule has 30 heavy (non-hydrogen) atoms. The van der Waals surface area contributed by atoms with Gasteiger partial charge in [0, 0.05) is 18.1 Å². The average molecular weight is 427 g/mol. The molecule has 4 rings (SSSR count). The SMILES string of the molecule is COc1cccc(C2c3c(oc4cc(C)c(Cl)cc4c3=O)C(=O)N2CCN(C)C)c1. The lowest BCUT2D eigenvalue weighted by Gasteiger charge is -2.26. The summed E-state index contributed by atoms with van der Waals surface area (Å²) in [5.74, 6) is 0.469. The van der Waals surface area contributed by atoms with Crippen LogP contribution in [0.1, 0.15) is 33.3 Å². The molecule has 1 aliphatic heterocycles. The molecule has 1 aromatic heterocycles. The van der Waals surface area contributed by atoms with E-state index in [1.165, 1.54) is 0 Å². The zero-order chi connectivity index (χ0) is 21.6. The van der Waals surface area contributed by atoms with Crippen molar-refractivity contribution in [2.75, 3.05) is 34.3 Å². The molecule has 0 radical (unpaired) electrons. The summed E-state index contributed by atoms with van der Waals surface area (Å²) in [4.78, 5) is 30.5. The van der Waals surface area contributed by atoms with Crippen molar-refractivity contribution in [2.45, 2.75) is 13.0 Å². The number of benzene rings is 2. The number of rotatable bonds is 5. The van der Waals surface area contributed by atoms with Crippen LogP contribution in [0.4, 0.5) is 0 Å². The zero-order valence-electron chi connectivity index (χ0n) is 17.4. The third kappa shape index (κ3) is 3.36. The van der Waals surface area contributed by atoms with Crippen LogP contribution in [0.5, 0.6) is 5.75 Å². The number of fused-ring (bicyclic) bond motifs is 2. The number of carbonyl (C=O) groups excluding carboxylic acids is 1. The Bertz CT molecular complexity index is 1200. The number of hydrogen-bond donors (Lipinski definition) is 0. The van der Waals surface area contributed by atoms with Gasteiger partial charge in [0.2, 0.25) is 5.76 Å². The van der Waals surface area contributed by atoms with Crippen molar-refractivity contribution >= 4 is 28.5 Å². The minimum atomic E-state index is -0.553. The molecule has 6 nitrogen and oxygen atoms in total. The Labute approximate surface area is 179 Å². The quantitative estimate of drug-likeness (QED) is 0.619. The van der Waals surface area contributed by atoms with Crippen LogP contribution < -0.4 is 10.2 Å². The lowest BCUT2D eigenvalue weighted by atomic mass is 9.98. The van der Waals surface area contributed by atoms with Gasteiger partial charge < -0.3 is 19.0 Å². The van der Waals surface area contributed by atoms with E-state index in [2.05, 4.69) is 0 Å². The summed E-state index contributed by atoms with van der Waals surface area (Å²) in [5, 5.41) is 0.862. The first-order valence-electron chi connectivity index (χ1n) is 9.68. The minimum Gasteiger partial charge on any atom is -0.497 e. The second-order valence-corrected chi connectivity index (χ2v) is 8.16. The van der Waals surface area contributed by atoms with E-state index >= 15 is 0 Å². The van der Waals surface area contributed by atoms with Crippen LogP contribution in [0, 0.1) is 6.92 Å². The fraction of sp³-hybridized carbons (Fsp3) is 0.304. The summed E-state index contributed by atoms with van der Waals surface area (Å²) in [6.45, 7) is 2.94. The molecule has 1 unspecified atom stereocenters. The van der Waals surface area contributed by atoms with Gasteiger partial charge in [0.15, 0.2) is 5.43 Å². The maximum Gasteiger partial charge on any atom is 0.290 e. The van der Waals surface area contributed by atoms with Crippen LogP contribution in [0.15, 0.2) is 45.6 Å². The van der Waals surface area contributed by atoms with Crippen molar-refractivity contribution in [1.29, 1.82) is 0 Å². The van der Waals surface area contributed by atoms with Crippen molar-refractivity contribution < 1.29 is 13.9 Å². The maximum atomic E-state index is 13.5. The van der Waals surface area contributed by atoms with Crippen LogP contribution in [0.2, 0.25) is 5.02 Å². The van der Waals surface area contributed by atoms with E-state index in [-0.39, 0.29) is 17.1 Å². The molecule has 1 aliphatic rings. The van der Waals surface area contributed by atoms with Gasteiger partial charge in [-0.25, -0.2) is 0 Å². The van der Waals surface area contributed by atoms with Crippen LogP contribution in [-0.2, 0) is 0 Å². The Morgan fingerprint density at radius 1 is 1.20 bits per heavy atom. The maximum absolute atomic E-state index is 13.5.